The van der Waals surface area contributed by atoms with E-state index in [1.165, 1.54) is 11.3 Å². The lowest BCUT2D eigenvalue weighted by Gasteiger charge is -2.35. The molecule has 26 heavy (non-hydrogen) atoms. The number of carbonyl (C=O) groups is 1. The molecular formula is C16H20N8OS. The summed E-state index contributed by atoms with van der Waals surface area (Å²) in [4.78, 5) is 29.6. The highest BCUT2D eigenvalue weighted by molar-refractivity contribution is 7.13. The lowest BCUT2D eigenvalue weighted by atomic mass is 10.2. The molecule has 4 rings (SSSR count). The van der Waals surface area contributed by atoms with E-state index in [1.807, 2.05) is 19.4 Å². The number of aromatic nitrogens is 5. The highest BCUT2D eigenvalue weighted by Crippen LogP contribution is 2.23. The molecule has 1 saturated heterocycles. The summed E-state index contributed by atoms with van der Waals surface area (Å²) in [5.74, 6) is 0.884. The van der Waals surface area contributed by atoms with E-state index in [9.17, 15) is 4.79 Å². The average molecular weight is 372 g/mol. The van der Waals surface area contributed by atoms with Crippen LogP contribution in [-0.2, 0) is 11.8 Å². The Balaban J connectivity index is 1.35. The number of fused-ring (bicyclic) bond motifs is 1. The molecule has 10 heteroatoms. The Morgan fingerprint density at radius 3 is 2.81 bits per heavy atom. The Kier molecular flexibility index (Phi) is 4.51. The van der Waals surface area contributed by atoms with Gasteiger partial charge in [-0.1, -0.05) is 0 Å². The van der Waals surface area contributed by atoms with E-state index < -0.39 is 0 Å². The summed E-state index contributed by atoms with van der Waals surface area (Å²) in [5, 5.41) is 10.7. The minimum atomic E-state index is -0.0236. The molecule has 1 amide bonds. The minimum Gasteiger partial charge on any atom is -0.353 e. The van der Waals surface area contributed by atoms with Gasteiger partial charge in [-0.25, -0.2) is 15.0 Å². The SMILES string of the molecule is Cc1csc(NC(=O)CN2CCN(c3ncnc4c3cnn4C)CC2)n1. The number of thiazole rings is 1. The van der Waals surface area contributed by atoms with Crippen LogP contribution >= 0.6 is 11.3 Å². The normalized spacial score (nSPS) is 15.5. The van der Waals surface area contributed by atoms with Crippen LogP contribution in [0.5, 0.6) is 0 Å². The smallest absolute Gasteiger partial charge is 0.240 e. The molecule has 0 radical (unpaired) electrons. The third-order valence-corrected chi connectivity index (χ3v) is 5.29. The molecule has 1 fully saturated rings. The van der Waals surface area contributed by atoms with Crippen LogP contribution in [0.25, 0.3) is 11.0 Å². The van der Waals surface area contributed by atoms with Crippen LogP contribution in [0.1, 0.15) is 5.69 Å². The molecule has 0 spiro atoms. The van der Waals surface area contributed by atoms with Crippen LogP contribution in [0.2, 0.25) is 0 Å². The van der Waals surface area contributed by atoms with Crippen LogP contribution in [0.15, 0.2) is 17.9 Å². The highest BCUT2D eigenvalue weighted by Gasteiger charge is 2.22. The fourth-order valence-corrected chi connectivity index (χ4v) is 3.80. The van der Waals surface area contributed by atoms with E-state index >= 15 is 0 Å². The number of nitrogens with zero attached hydrogens (tertiary/aromatic N) is 7. The number of aryl methyl sites for hydroxylation is 2. The molecule has 1 aliphatic heterocycles. The van der Waals surface area contributed by atoms with Crippen molar-refractivity contribution < 1.29 is 4.79 Å². The third-order valence-electron chi connectivity index (χ3n) is 4.41. The van der Waals surface area contributed by atoms with Gasteiger partial charge in [0.05, 0.1) is 23.8 Å². The Hall–Kier alpha value is -2.59. The Morgan fingerprint density at radius 1 is 1.27 bits per heavy atom. The van der Waals surface area contributed by atoms with Gasteiger partial charge >= 0.3 is 0 Å². The maximum absolute atomic E-state index is 12.2. The van der Waals surface area contributed by atoms with Gasteiger partial charge in [0.25, 0.3) is 0 Å². The second-order valence-electron chi connectivity index (χ2n) is 6.31. The maximum Gasteiger partial charge on any atom is 0.240 e. The first-order chi connectivity index (χ1) is 12.6. The summed E-state index contributed by atoms with van der Waals surface area (Å²) < 4.78 is 1.75. The van der Waals surface area contributed by atoms with E-state index in [0.29, 0.717) is 11.7 Å². The van der Waals surface area contributed by atoms with Gasteiger partial charge in [0.1, 0.15) is 12.1 Å². The number of rotatable bonds is 4. The molecule has 0 saturated carbocycles. The van der Waals surface area contributed by atoms with E-state index in [1.54, 1.807) is 17.2 Å². The zero-order chi connectivity index (χ0) is 18.1. The Labute approximate surface area is 154 Å². The first-order valence-electron chi connectivity index (χ1n) is 8.42. The molecule has 3 aromatic rings. The minimum absolute atomic E-state index is 0.0236. The van der Waals surface area contributed by atoms with Crippen LogP contribution in [0.4, 0.5) is 10.9 Å². The molecule has 1 N–H and O–H groups in total. The van der Waals surface area contributed by atoms with Crippen molar-refractivity contribution in [2.24, 2.45) is 7.05 Å². The standard InChI is InChI=1S/C16H20N8OS/c1-11-9-26-16(20-11)21-13(25)8-23-3-5-24(6-4-23)15-12-7-19-22(2)14(12)17-10-18-15/h7,9-10H,3-6,8H2,1-2H3,(H,20,21,25). The molecular weight excluding hydrogens is 352 g/mol. The molecule has 0 atom stereocenters. The molecule has 1 aliphatic rings. The summed E-state index contributed by atoms with van der Waals surface area (Å²) in [7, 11) is 1.87. The highest BCUT2D eigenvalue weighted by atomic mass is 32.1. The lowest BCUT2D eigenvalue weighted by molar-refractivity contribution is -0.117. The van der Waals surface area contributed by atoms with Gasteiger partial charge in [-0.3, -0.25) is 14.4 Å². The quantitative estimate of drug-likeness (QED) is 0.727. The van der Waals surface area contributed by atoms with Gasteiger partial charge in [0.15, 0.2) is 10.8 Å². The van der Waals surface area contributed by atoms with E-state index in [4.69, 9.17) is 0 Å². The van der Waals surface area contributed by atoms with Crippen LogP contribution in [0, 0.1) is 6.92 Å². The fraction of sp³-hybridized carbons (Fsp3) is 0.438. The Bertz CT molecular complexity index is 927. The van der Waals surface area contributed by atoms with Crippen molar-refractivity contribution >= 4 is 39.2 Å². The summed E-state index contributed by atoms with van der Waals surface area (Å²) in [6, 6.07) is 0. The average Bonchev–Trinajstić information content (AvgIpc) is 3.21. The van der Waals surface area contributed by atoms with Gasteiger partial charge in [-0.15, -0.1) is 11.3 Å². The van der Waals surface area contributed by atoms with Crippen LogP contribution in [-0.4, -0.2) is 68.3 Å². The zero-order valence-corrected chi connectivity index (χ0v) is 15.5. The molecule has 0 bridgehead atoms. The van der Waals surface area contributed by atoms with Crippen molar-refractivity contribution in [2.45, 2.75) is 6.92 Å². The first kappa shape index (κ1) is 16.9. The summed E-state index contributed by atoms with van der Waals surface area (Å²) >= 11 is 1.45. The van der Waals surface area contributed by atoms with Gasteiger partial charge in [0.2, 0.25) is 5.91 Å². The van der Waals surface area contributed by atoms with Crippen molar-refractivity contribution in [1.29, 1.82) is 0 Å². The number of nitrogens with one attached hydrogen (secondary N) is 1. The molecule has 9 nitrogen and oxygen atoms in total. The van der Waals surface area contributed by atoms with Gasteiger partial charge in [-0.2, -0.15) is 5.10 Å². The lowest BCUT2D eigenvalue weighted by Crippen LogP contribution is -2.49. The molecule has 3 aromatic heterocycles. The largest absolute Gasteiger partial charge is 0.353 e. The number of piperazine rings is 1. The van der Waals surface area contributed by atoms with Crippen molar-refractivity contribution in [3.05, 3.63) is 23.6 Å². The number of anilines is 2. The fourth-order valence-electron chi connectivity index (χ4n) is 3.09. The summed E-state index contributed by atoms with van der Waals surface area (Å²) in [6.45, 7) is 5.51. The summed E-state index contributed by atoms with van der Waals surface area (Å²) in [5.41, 5.74) is 1.75. The van der Waals surface area contributed by atoms with Gasteiger partial charge in [-0.05, 0) is 6.92 Å². The predicted octanol–water partition coefficient (Wildman–Crippen LogP) is 0.889. The second kappa shape index (κ2) is 6.96. The van der Waals surface area contributed by atoms with Crippen molar-refractivity contribution in [1.82, 2.24) is 29.6 Å². The topological polar surface area (TPSA) is 92.1 Å². The summed E-state index contributed by atoms with van der Waals surface area (Å²) in [6.07, 6.45) is 3.38. The molecule has 0 aliphatic carbocycles. The van der Waals surface area contributed by atoms with Crippen molar-refractivity contribution in [2.75, 3.05) is 42.9 Å². The van der Waals surface area contributed by atoms with E-state index in [2.05, 4.69) is 35.2 Å². The molecule has 136 valence electrons. The molecule has 0 aromatic carbocycles. The number of hydrogen-bond donors (Lipinski definition) is 1. The second-order valence-corrected chi connectivity index (χ2v) is 7.17. The Morgan fingerprint density at radius 2 is 2.08 bits per heavy atom. The number of hydrogen-bond acceptors (Lipinski definition) is 8. The van der Waals surface area contributed by atoms with E-state index in [-0.39, 0.29) is 5.91 Å². The zero-order valence-electron chi connectivity index (χ0n) is 14.7. The maximum atomic E-state index is 12.2. The van der Waals surface area contributed by atoms with Crippen molar-refractivity contribution in [3.8, 4) is 0 Å². The van der Waals surface area contributed by atoms with Crippen LogP contribution < -0.4 is 10.2 Å². The van der Waals surface area contributed by atoms with E-state index in [0.717, 1.165) is 48.7 Å². The third kappa shape index (κ3) is 3.37. The monoisotopic (exact) mass is 372 g/mol. The van der Waals surface area contributed by atoms with Gasteiger partial charge < -0.3 is 10.2 Å². The van der Waals surface area contributed by atoms with Crippen molar-refractivity contribution in [3.63, 3.8) is 0 Å². The number of amides is 1. The number of carbonyl (C=O) groups excluding carboxylic acids is 1. The van der Waals surface area contributed by atoms with Gasteiger partial charge in [0, 0.05) is 38.6 Å². The molecule has 0 unspecified atom stereocenters. The van der Waals surface area contributed by atoms with Crippen LogP contribution in [0.3, 0.4) is 0 Å². The predicted molar refractivity (Wildman–Crippen MR) is 100 cm³/mol. The molecule has 4 heterocycles. The first-order valence-corrected chi connectivity index (χ1v) is 9.30.